The molecule has 0 aliphatic carbocycles. The van der Waals surface area contributed by atoms with Crippen LogP contribution in [0.5, 0.6) is 0 Å². The first-order chi connectivity index (χ1) is 9.72. The fourth-order valence-corrected chi connectivity index (χ4v) is 2.31. The molecule has 6 heteroatoms. The third-order valence-electron chi connectivity index (χ3n) is 3.49. The first-order valence-corrected chi connectivity index (χ1v) is 6.68. The van der Waals surface area contributed by atoms with Crippen LogP contribution >= 0.6 is 0 Å². The number of morpholine rings is 1. The van der Waals surface area contributed by atoms with Gasteiger partial charge in [-0.25, -0.2) is 0 Å². The second kappa shape index (κ2) is 7.33. The number of hydrogen-bond acceptors (Lipinski definition) is 6. The lowest BCUT2D eigenvalue weighted by Crippen LogP contribution is -2.43. The number of esters is 1. The van der Waals surface area contributed by atoms with E-state index in [4.69, 9.17) is 9.47 Å². The van der Waals surface area contributed by atoms with Crippen LogP contribution in [0.15, 0.2) is 24.5 Å². The molecule has 0 bridgehead atoms. The minimum Gasteiger partial charge on any atom is -0.469 e. The maximum Gasteiger partial charge on any atom is 0.312 e. The Labute approximate surface area is 118 Å². The summed E-state index contributed by atoms with van der Waals surface area (Å²) in [7, 11) is 1.34. The lowest BCUT2D eigenvalue weighted by atomic mass is 9.95. The second-order valence-corrected chi connectivity index (χ2v) is 4.77. The number of ether oxygens (including phenoxy) is 2. The summed E-state index contributed by atoms with van der Waals surface area (Å²) in [4.78, 5) is 18.0. The van der Waals surface area contributed by atoms with Crippen molar-refractivity contribution in [3.63, 3.8) is 0 Å². The van der Waals surface area contributed by atoms with Gasteiger partial charge in [-0.1, -0.05) is 0 Å². The molecular formula is C14H20N2O4. The molecule has 2 rings (SSSR count). The summed E-state index contributed by atoms with van der Waals surface area (Å²) >= 11 is 0. The lowest BCUT2D eigenvalue weighted by Gasteiger charge is -2.31. The summed E-state index contributed by atoms with van der Waals surface area (Å²) in [5.74, 6) is -1.01. The first-order valence-electron chi connectivity index (χ1n) is 6.68. The van der Waals surface area contributed by atoms with E-state index in [0.717, 1.165) is 13.1 Å². The van der Waals surface area contributed by atoms with Crippen LogP contribution < -0.4 is 0 Å². The summed E-state index contributed by atoms with van der Waals surface area (Å²) in [6.07, 6.45) is 2.30. The van der Waals surface area contributed by atoms with E-state index in [1.54, 1.807) is 24.5 Å². The van der Waals surface area contributed by atoms with Crippen molar-refractivity contribution in [1.82, 2.24) is 9.88 Å². The number of aromatic nitrogens is 1. The van der Waals surface area contributed by atoms with Gasteiger partial charge in [0.25, 0.3) is 0 Å². The van der Waals surface area contributed by atoms with Crippen molar-refractivity contribution in [2.24, 2.45) is 5.92 Å². The number of pyridine rings is 1. The Bertz CT molecular complexity index is 420. The van der Waals surface area contributed by atoms with E-state index in [1.807, 2.05) is 0 Å². The van der Waals surface area contributed by atoms with Gasteiger partial charge < -0.3 is 14.6 Å². The number of aliphatic hydroxyl groups excluding tert-OH is 1. The van der Waals surface area contributed by atoms with Crippen molar-refractivity contribution >= 4 is 5.97 Å². The van der Waals surface area contributed by atoms with Gasteiger partial charge in [0, 0.05) is 32.0 Å². The Morgan fingerprint density at radius 1 is 1.45 bits per heavy atom. The highest BCUT2D eigenvalue weighted by Gasteiger charge is 2.31. The number of aliphatic hydroxyl groups is 1. The standard InChI is InChI=1S/C14H20N2O4/c1-19-14(18)12(10-16-6-8-20-9-7-16)13(17)11-2-4-15-5-3-11/h2-5,12-13,17H,6-10H2,1H3/t12-,13+/m0/s1. The van der Waals surface area contributed by atoms with E-state index in [1.165, 1.54) is 7.11 Å². The van der Waals surface area contributed by atoms with Crippen LogP contribution in [0.2, 0.25) is 0 Å². The molecule has 1 fully saturated rings. The molecule has 1 aliphatic rings. The van der Waals surface area contributed by atoms with Crippen LogP contribution in [-0.4, -0.2) is 60.9 Å². The molecular weight excluding hydrogens is 260 g/mol. The Hall–Kier alpha value is -1.50. The zero-order valence-electron chi connectivity index (χ0n) is 11.6. The van der Waals surface area contributed by atoms with Crippen molar-refractivity contribution in [2.75, 3.05) is 40.0 Å². The SMILES string of the molecule is COC(=O)[C@@H](CN1CCOCC1)[C@H](O)c1ccncc1. The average molecular weight is 280 g/mol. The van der Waals surface area contributed by atoms with Gasteiger partial charge in [-0.15, -0.1) is 0 Å². The van der Waals surface area contributed by atoms with Crippen molar-refractivity contribution in [2.45, 2.75) is 6.10 Å². The third kappa shape index (κ3) is 3.75. The smallest absolute Gasteiger partial charge is 0.312 e. The zero-order valence-corrected chi connectivity index (χ0v) is 11.6. The highest BCUT2D eigenvalue weighted by atomic mass is 16.5. The van der Waals surface area contributed by atoms with Crippen LogP contribution in [0.4, 0.5) is 0 Å². The quantitative estimate of drug-likeness (QED) is 0.779. The number of hydrogen-bond donors (Lipinski definition) is 1. The van der Waals surface area contributed by atoms with E-state index in [2.05, 4.69) is 9.88 Å². The number of carbonyl (C=O) groups excluding carboxylic acids is 1. The zero-order chi connectivity index (χ0) is 14.4. The Kier molecular flexibility index (Phi) is 5.46. The van der Waals surface area contributed by atoms with Gasteiger partial charge in [0.1, 0.15) is 0 Å². The van der Waals surface area contributed by atoms with Crippen LogP contribution in [-0.2, 0) is 14.3 Å². The van der Waals surface area contributed by atoms with Crippen molar-refractivity contribution in [3.05, 3.63) is 30.1 Å². The van der Waals surface area contributed by atoms with Gasteiger partial charge in [-0.3, -0.25) is 14.7 Å². The minimum atomic E-state index is -0.895. The summed E-state index contributed by atoms with van der Waals surface area (Å²) in [6.45, 7) is 3.28. The van der Waals surface area contributed by atoms with E-state index < -0.39 is 18.0 Å². The van der Waals surface area contributed by atoms with E-state index in [-0.39, 0.29) is 0 Å². The van der Waals surface area contributed by atoms with Crippen LogP contribution in [0.1, 0.15) is 11.7 Å². The van der Waals surface area contributed by atoms with Crippen LogP contribution in [0.3, 0.4) is 0 Å². The molecule has 6 nitrogen and oxygen atoms in total. The molecule has 2 heterocycles. The molecule has 0 spiro atoms. The van der Waals surface area contributed by atoms with Crippen molar-refractivity contribution in [3.8, 4) is 0 Å². The minimum absolute atomic E-state index is 0.402. The number of nitrogens with zero attached hydrogens (tertiary/aromatic N) is 2. The fourth-order valence-electron chi connectivity index (χ4n) is 2.31. The summed E-state index contributed by atoms with van der Waals surface area (Å²) < 4.78 is 10.1. The summed E-state index contributed by atoms with van der Waals surface area (Å²) in [5.41, 5.74) is 0.670. The predicted octanol–water partition coefficient (Wildman–Crippen LogP) is 0.236. The molecule has 1 aromatic rings. The molecule has 0 radical (unpaired) electrons. The van der Waals surface area contributed by atoms with E-state index in [9.17, 15) is 9.90 Å². The molecule has 1 aromatic heterocycles. The Balaban J connectivity index is 2.08. The van der Waals surface area contributed by atoms with Crippen LogP contribution in [0, 0.1) is 5.92 Å². The predicted molar refractivity (Wildman–Crippen MR) is 72.0 cm³/mol. The number of methoxy groups -OCH3 is 1. The molecule has 20 heavy (non-hydrogen) atoms. The molecule has 0 unspecified atom stereocenters. The summed E-state index contributed by atoms with van der Waals surface area (Å²) in [6, 6.07) is 3.42. The molecule has 0 amide bonds. The van der Waals surface area contributed by atoms with E-state index in [0.29, 0.717) is 25.3 Å². The maximum atomic E-state index is 11.9. The highest BCUT2D eigenvalue weighted by Crippen LogP contribution is 2.24. The van der Waals surface area contributed by atoms with Gasteiger partial charge in [0.2, 0.25) is 0 Å². The van der Waals surface area contributed by atoms with Crippen molar-refractivity contribution in [1.29, 1.82) is 0 Å². The van der Waals surface area contributed by atoms with Crippen molar-refractivity contribution < 1.29 is 19.4 Å². The highest BCUT2D eigenvalue weighted by molar-refractivity contribution is 5.73. The van der Waals surface area contributed by atoms with Gasteiger partial charge >= 0.3 is 5.97 Å². The molecule has 0 saturated carbocycles. The molecule has 2 atom stereocenters. The third-order valence-corrected chi connectivity index (χ3v) is 3.49. The molecule has 0 aromatic carbocycles. The van der Waals surface area contributed by atoms with Gasteiger partial charge in [-0.2, -0.15) is 0 Å². The Morgan fingerprint density at radius 3 is 2.70 bits per heavy atom. The fraction of sp³-hybridized carbons (Fsp3) is 0.571. The second-order valence-electron chi connectivity index (χ2n) is 4.77. The number of carbonyl (C=O) groups is 1. The van der Waals surface area contributed by atoms with Gasteiger partial charge in [-0.05, 0) is 17.7 Å². The molecule has 1 aliphatic heterocycles. The van der Waals surface area contributed by atoms with E-state index >= 15 is 0 Å². The molecule has 1 saturated heterocycles. The first kappa shape index (κ1) is 14.9. The van der Waals surface area contributed by atoms with Gasteiger partial charge in [0.15, 0.2) is 0 Å². The topological polar surface area (TPSA) is 71.9 Å². The lowest BCUT2D eigenvalue weighted by molar-refractivity contribution is -0.151. The largest absolute Gasteiger partial charge is 0.469 e. The normalized spacial score (nSPS) is 19.3. The monoisotopic (exact) mass is 280 g/mol. The average Bonchev–Trinajstić information content (AvgIpc) is 2.53. The Morgan fingerprint density at radius 2 is 2.10 bits per heavy atom. The molecule has 110 valence electrons. The molecule has 1 N–H and O–H groups in total. The summed E-state index contributed by atoms with van der Waals surface area (Å²) in [5, 5.41) is 10.4. The van der Waals surface area contributed by atoms with Crippen LogP contribution in [0.25, 0.3) is 0 Å². The maximum absolute atomic E-state index is 11.9. The number of rotatable bonds is 5. The van der Waals surface area contributed by atoms with Gasteiger partial charge in [0.05, 0.1) is 32.3 Å².